The second-order valence-corrected chi connectivity index (χ2v) is 3.74. The van der Waals surface area contributed by atoms with Gasteiger partial charge in [0.1, 0.15) is 6.33 Å². The van der Waals surface area contributed by atoms with Crippen LogP contribution in [0, 0.1) is 5.92 Å². The molecule has 2 rings (SSSR count). The molecular formula is C9H15N5O. The predicted molar refractivity (Wildman–Crippen MR) is 55.2 cm³/mol. The third-order valence-electron chi connectivity index (χ3n) is 2.61. The van der Waals surface area contributed by atoms with E-state index in [1.165, 1.54) is 6.33 Å². The van der Waals surface area contributed by atoms with E-state index in [-0.39, 0.29) is 11.8 Å². The Morgan fingerprint density at radius 3 is 3.20 bits per heavy atom. The summed E-state index contributed by atoms with van der Waals surface area (Å²) in [5.41, 5.74) is 0. The molecule has 1 aromatic heterocycles. The summed E-state index contributed by atoms with van der Waals surface area (Å²) in [7, 11) is 1.75. The van der Waals surface area contributed by atoms with Gasteiger partial charge >= 0.3 is 0 Å². The Bertz CT molecular complexity index is 342. The normalized spacial score (nSPS) is 21.3. The Kier molecular flexibility index (Phi) is 2.96. The van der Waals surface area contributed by atoms with Crippen LogP contribution >= 0.6 is 0 Å². The first-order valence-electron chi connectivity index (χ1n) is 5.13. The zero-order chi connectivity index (χ0) is 10.7. The first kappa shape index (κ1) is 10.1. The largest absolute Gasteiger partial charge is 0.316 e. The van der Waals surface area contributed by atoms with Gasteiger partial charge in [0.25, 0.3) is 0 Å². The van der Waals surface area contributed by atoms with E-state index in [2.05, 4.69) is 20.7 Å². The summed E-state index contributed by atoms with van der Waals surface area (Å²) in [5, 5.41) is 9.87. The van der Waals surface area contributed by atoms with Crippen LogP contribution in [-0.4, -0.2) is 33.8 Å². The monoisotopic (exact) mass is 209 g/mol. The van der Waals surface area contributed by atoms with Crippen molar-refractivity contribution in [3.8, 4) is 0 Å². The Balaban J connectivity index is 1.94. The summed E-state index contributed by atoms with van der Waals surface area (Å²) in [5.74, 6) is 0.583. The van der Waals surface area contributed by atoms with Gasteiger partial charge in [0, 0.05) is 13.6 Å². The highest BCUT2D eigenvalue weighted by atomic mass is 16.2. The minimum Gasteiger partial charge on any atom is -0.316 e. The van der Waals surface area contributed by atoms with E-state index >= 15 is 0 Å². The van der Waals surface area contributed by atoms with Gasteiger partial charge in [-0.05, 0) is 19.4 Å². The fourth-order valence-corrected chi connectivity index (χ4v) is 1.70. The molecule has 1 fully saturated rings. The molecule has 1 amide bonds. The molecule has 0 spiro atoms. The van der Waals surface area contributed by atoms with Crippen molar-refractivity contribution < 1.29 is 4.79 Å². The zero-order valence-corrected chi connectivity index (χ0v) is 8.73. The third kappa shape index (κ3) is 2.33. The lowest BCUT2D eigenvalue weighted by molar-refractivity contribution is -0.120. The number of nitrogens with one attached hydrogen (secondary N) is 2. The number of piperidine rings is 1. The molecule has 1 aliphatic rings. The molecule has 0 unspecified atom stereocenters. The van der Waals surface area contributed by atoms with E-state index in [1.807, 2.05) is 0 Å². The van der Waals surface area contributed by atoms with E-state index < -0.39 is 0 Å². The molecule has 0 aliphatic carbocycles. The van der Waals surface area contributed by atoms with Crippen LogP contribution in [0.3, 0.4) is 0 Å². The molecule has 82 valence electrons. The van der Waals surface area contributed by atoms with Crippen molar-refractivity contribution in [3.63, 3.8) is 0 Å². The number of nitrogens with zero attached hydrogens (tertiary/aromatic N) is 3. The van der Waals surface area contributed by atoms with Crippen molar-refractivity contribution in [2.75, 3.05) is 18.4 Å². The zero-order valence-electron chi connectivity index (χ0n) is 8.73. The predicted octanol–water partition coefficient (Wildman–Crippen LogP) is -0.247. The minimum absolute atomic E-state index is 0.0262. The Morgan fingerprint density at radius 1 is 1.73 bits per heavy atom. The summed E-state index contributed by atoms with van der Waals surface area (Å²) in [4.78, 5) is 15.7. The third-order valence-corrected chi connectivity index (χ3v) is 2.61. The average Bonchev–Trinajstić information content (AvgIpc) is 2.66. The average molecular weight is 209 g/mol. The Labute approximate surface area is 88.1 Å². The maximum atomic E-state index is 11.8. The van der Waals surface area contributed by atoms with Crippen molar-refractivity contribution in [2.24, 2.45) is 13.0 Å². The topological polar surface area (TPSA) is 71.8 Å². The van der Waals surface area contributed by atoms with E-state index in [1.54, 1.807) is 11.7 Å². The SMILES string of the molecule is Cn1ncnc1NC(=O)[C@@H]1CCCNC1. The van der Waals surface area contributed by atoms with Crippen LogP contribution in [0.1, 0.15) is 12.8 Å². The lowest BCUT2D eigenvalue weighted by Gasteiger charge is -2.21. The molecule has 1 aliphatic heterocycles. The van der Waals surface area contributed by atoms with E-state index in [9.17, 15) is 4.79 Å². The van der Waals surface area contributed by atoms with Crippen LogP contribution in [0.15, 0.2) is 6.33 Å². The van der Waals surface area contributed by atoms with Gasteiger partial charge in [-0.25, -0.2) is 4.68 Å². The minimum atomic E-state index is 0.0262. The molecule has 2 heterocycles. The Hall–Kier alpha value is -1.43. The molecular weight excluding hydrogens is 194 g/mol. The number of carbonyl (C=O) groups excluding carboxylic acids is 1. The Morgan fingerprint density at radius 2 is 2.60 bits per heavy atom. The number of rotatable bonds is 2. The fraction of sp³-hybridized carbons (Fsp3) is 0.667. The first-order chi connectivity index (χ1) is 7.27. The highest BCUT2D eigenvalue weighted by Gasteiger charge is 2.21. The second-order valence-electron chi connectivity index (χ2n) is 3.74. The van der Waals surface area contributed by atoms with Crippen molar-refractivity contribution in [2.45, 2.75) is 12.8 Å². The van der Waals surface area contributed by atoms with Crippen LogP contribution in [-0.2, 0) is 11.8 Å². The summed E-state index contributed by atoms with van der Waals surface area (Å²) < 4.78 is 1.55. The quantitative estimate of drug-likeness (QED) is 0.704. The summed E-state index contributed by atoms with van der Waals surface area (Å²) in [6, 6.07) is 0. The highest BCUT2D eigenvalue weighted by molar-refractivity contribution is 5.91. The lowest BCUT2D eigenvalue weighted by atomic mass is 9.99. The molecule has 2 N–H and O–H groups in total. The van der Waals surface area contributed by atoms with Crippen molar-refractivity contribution in [1.82, 2.24) is 20.1 Å². The smallest absolute Gasteiger partial charge is 0.231 e. The van der Waals surface area contributed by atoms with Crippen molar-refractivity contribution >= 4 is 11.9 Å². The van der Waals surface area contributed by atoms with Gasteiger partial charge in [-0.2, -0.15) is 10.1 Å². The van der Waals surface area contributed by atoms with Crippen molar-refractivity contribution in [3.05, 3.63) is 6.33 Å². The maximum absolute atomic E-state index is 11.8. The number of amides is 1. The number of anilines is 1. The van der Waals surface area contributed by atoms with Gasteiger partial charge in [-0.15, -0.1) is 0 Å². The van der Waals surface area contributed by atoms with E-state index in [0.717, 1.165) is 25.9 Å². The van der Waals surface area contributed by atoms with Crippen LogP contribution in [0.2, 0.25) is 0 Å². The molecule has 0 bridgehead atoms. The summed E-state index contributed by atoms with van der Waals surface area (Å²) in [6.07, 6.45) is 3.42. The first-order valence-corrected chi connectivity index (χ1v) is 5.13. The summed E-state index contributed by atoms with van der Waals surface area (Å²) in [6.45, 7) is 1.76. The van der Waals surface area contributed by atoms with Crippen LogP contribution in [0.5, 0.6) is 0 Å². The maximum Gasteiger partial charge on any atom is 0.231 e. The van der Waals surface area contributed by atoms with Crippen LogP contribution < -0.4 is 10.6 Å². The van der Waals surface area contributed by atoms with Gasteiger partial charge in [-0.3, -0.25) is 10.1 Å². The lowest BCUT2D eigenvalue weighted by Crippen LogP contribution is -2.37. The number of aromatic nitrogens is 3. The molecule has 1 aromatic rings. The molecule has 15 heavy (non-hydrogen) atoms. The van der Waals surface area contributed by atoms with Crippen molar-refractivity contribution in [1.29, 1.82) is 0 Å². The van der Waals surface area contributed by atoms with E-state index in [4.69, 9.17) is 0 Å². The van der Waals surface area contributed by atoms with Gasteiger partial charge < -0.3 is 5.32 Å². The fourth-order valence-electron chi connectivity index (χ4n) is 1.70. The van der Waals surface area contributed by atoms with Gasteiger partial charge in [0.15, 0.2) is 0 Å². The number of hydrogen-bond acceptors (Lipinski definition) is 4. The molecule has 6 nitrogen and oxygen atoms in total. The molecule has 1 atom stereocenters. The number of carbonyl (C=O) groups is 1. The van der Waals surface area contributed by atoms with Crippen LogP contribution in [0.25, 0.3) is 0 Å². The standard InChI is InChI=1S/C9H15N5O/c1-14-9(11-6-12-14)13-8(15)7-3-2-4-10-5-7/h6-7,10H,2-5H2,1H3,(H,11,12,13,15)/t7-/m1/s1. The highest BCUT2D eigenvalue weighted by Crippen LogP contribution is 2.12. The molecule has 6 heteroatoms. The van der Waals surface area contributed by atoms with E-state index in [0.29, 0.717) is 5.95 Å². The van der Waals surface area contributed by atoms with Gasteiger partial charge in [-0.1, -0.05) is 0 Å². The summed E-state index contributed by atoms with van der Waals surface area (Å²) >= 11 is 0. The molecule has 1 saturated heterocycles. The number of aryl methyl sites for hydroxylation is 1. The van der Waals surface area contributed by atoms with Gasteiger partial charge in [0.05, 0.1) is 5.92 Å². The van der Waals surface area contributed by atoms with Gasteiger partial charge in [0.2, 0.25) is 11.9 Å². The molecule has 0 aromatic carbocycles. The number of hydrogen-bond donors (Lipinski definition) is 2. The second kappa shape index (κ2) is 4.39. The molecule has 0 saturated carbocycles. The van der Waals surface area contributed by atoms with Crippen LogP contribution in [0.4, 0.5) is 5.95 Å². The molecule has 0 radical (unpaired) electrons.